The van der Waals surface area contributed by atoms with E-state index in [0.29, 0.717) is 31.5 Å². The summed E-state index contributed by atoms with van der Waals surface area (Å²) in [5.41, 5.74) is 1.26. The molecule has 0 bridgehead atoms. The van der Waals surface area contributed by atoms with Crippen LogP contribution in [-0.2, 0) is 16.0 Å². The maximum absolute atomic E-state index is 13.6. The minimum Gasteiger partial charge on any atom is -0.508 e. The number of ether oxygens (including phenoxy) is 1. The van der Waals surface area contributed by atoms with Crippen molar-refractivity contribution < 1.29 is 28.9 Å². The van der Waals surface area contributed by atoms with E-state index in [4.69, 9.17) is 4.74 Å². The van der Waals surface area contributed by atoms with Gasteiger partial charge in [-0.05, 0) is 30.4 Å². The number of aromatic hydroxyl groups is 2. The van der Waals surface area contributed by atoms with E-state index in [2.05, 4.69) is 5.32 Å². The van der Waals surface area contributed by atoms with Crippen LogP contribution in [0.15, 0.2) is 42.5 Å². The maximum Gasteiger partial charge on any atom is 0.320 e. The number of hydrogen-bond donors (Lipinski definition) is 3. The molecule has 0 spiro atoms. The summed E-state index contributed by atoms with van der Waals surface area (Å²) in [6.07, 6.45) is 1.22. The molecule has 0 saturated carbocycles. The molecule has 2 aromatic carbocycles. The molecule has 1 aliphatic heterocycles. The Morgan fingerprint density at radius 2 is 1.79 bits per heavy atom. The van der Waals surface area contributed by atoms with Gasteiger partial charge in [0.05, 0.1) is 6.42 Å². The van der Waals surface area contributed by atoms with Crippen molar-refractivity contribution in [3.05, 3.63) is 59.4 Å². The van der Waals surface area contributed by atoms with Gasteiger partial charge in [-0.15, -0.1) is 0 Å². The summed E-state index contributed by atoms with van der Waals surface area (Å²) in [5, 5.41) is 21.8. The van der Waals surface area contributed by atoms with Crippen molar-refractivity contribution in [3.63, 3.8) is 0 Å². The second-order valence-electron chi connectivity index (χ2n) is 6.93. The van der Waals surface area contributed by atoms with Crippen molar-refractivity contribution in [2.45, 2.75) is 25.2 Å². The van der Waals surface area contributed by atoms with Gasteiger partial charge in [0.25, 0.3) is 0 Å². The molecule has 2 aromatic rings. The van der Waals surface area contributed by atoms with Crippen molar-refractivity contribution in [2.24, 2.45) is 0 Å². The fraction of sp³-hybridized carbons (Fsp3) is 0.333. The fourth-order valence-electron chi connectivity index (χ4n) is 3.39. The number of phenolic OH excluding ortho intramolecular Hbond substituents is 2. The monoisotopic (exact) mass is 402 g/mol. The molecule has 1 saturated heterocycles. The van der Waals surface area contributed by atoms with Crippen LogP contribution in [-0.4, -0.2) is 46.9 Å². The molecule has 8 heteroatoms. The predicted octanol–water partition coefficient (Wildman–Crippen LogP) is 2.87. The number of phenols is 2. The molecule has 1 fully saturated rings. The molecule has 154 valence electrons. The second kappa shape index (κ2) is 9.27. The van der Waals surface area contributed by atoms with Crippen LogP contribution < -0.4 is 5.32 Å². The highest BCUT2D eigenvalue weighted by Gasteiger charge is 2.26. The molecule has 0 aliphatic carbocycles. The van der Waals surface area contributed by atoms with Crippen LogP contribution in [0.3, 0.4) is 0 Å². The van der Waals surface area contributed by atoms with Crippen molar-refractivity contribution in [1.82, 2.24) is 10.2 Å². The van der Waals surface area contributed by atoms with E-state index in [-0.39, 0.29) is 30.9 Å². The average molecular weight is 402 g/mol. The highest BCUT2D eigenvalue weighted by molar-refractivity contribution is 5.75. The number of carbonyl (C=O) groups excluding carboxylic acids is 2. The van der Waals surface area contributed by atoms with Gasteiger partial charge in [-0.1, -0.05) is 30.3 Å². The van der Waals surface area contributed by atoms with E-state index in [1.54, 1.807) is 4.90 Å². The number of urea groups is 1. The van der Waals surface area contributed by atoms with Crippen molar-refractivity contribution >= 4 is 12.0 Å². The number of hydrogen-bond acceptors (Lipinski definition) is 5. The van der Waals surface area contributed by atoms with Gasteiger partial charge in [0.15, 0.2) is 18.3 Å². The van der Waals surface area contributed by atoms with Crippen LogP contribution in [0.2, 0.25) is 0 Å². The van der Waals surface area contributed by atoms with Crippen LogP contribution >= 0.6 is 0 Å². The molecule has 2 amide bonds. The zero-order valence-electron chi connectivity index (χ0n) is 15.8. The molecule has 0 aromatic heterocycles. The molecular weight excluding hydrogens is 379 g/mol. The van der Waals surface area contributed by atoms with Crippen molar-refractivity contribution in [3.8, 4) is 11.5 Å². The van der Waals surface area contributed by atoms with Gasteiger partial charge >= 0.3 is 12.0 Å². The molecule has 0 unspecified atom stereocenters. The van der Waals surface area contributed by atoms with Crippen LogP contribution in [0.1, 0.15) is 29.9 Å². The third-order valence-electron chi connectivity index (χ3n) is 4.97. The van der Waals surface area contributed by atoms with Crippen LogP contribution in [0.5, 0.6) is 11.5 Å². The number of likely N-dealkylation sites (tertiary alicyclic amines) is 1. The summed E-state index contributed by atoms with van der Waals surface area (Å²) in [6, 6.07) is 10.9. The van der Waals surface area contributed by atoms with Gasteiger partial charge in [0.2, 0.25) is 0 Å². The summed E-state index contributed by atoms with van der Waals surface area (Å²) >= 11 is 0. The van der Waals surface area contributed by atoms with Gasteiger partial charge in [-0.2, -0.15) is 0 Å². The SMILES string of the molecule is O=C(Cc1ccccc1)OCNC(=O)N1CCC(c2cc(F)c(O)cc2O)CC1. The van der Waals surface area contributed by atoms with E-state index < -0.39 is 17.5 Å². The number of amides is 2. The van der Waals surface area contributed by atoms with E-state index in [0.717, 1.165) is 17.7 Å². The molecule has 0 radical (unpaired) electrons. The lowest BCUT2D eigenvalue weighted by Crippen LogP contribution is -2.45. The third kappa shape index (κ3) is 5.37. The predicted molar refractivity (Wildman–Crippen MR) is 103 cm³/mol. The van der Waals surface area contributed by atoms with Crippen LogP contribution in [0, 0.1) is 5.82 Å². The van der Waals surface area contributed by atoms with Crippen molar-refractivity contribution in [1.29, 1.82) is 0 Å². The number of carbonyl (C=O) groups is 2. The summed E-state index contributed by atoms with van der Waals surface area (Å²) < 4.78 is 18.6. The summed E-state index contributed by atoms with van der Waals surface area (Å²) in [4.78, 5) is 25.6. The van der Waals surface area contributed by atoms with Crippen LogP contribution in [0.4, 0.5) is 9.18 Å². The smallest absolute Gasteiger partial charge is 0.320 e. The highest BCUT2D eigenvalue weighted by Crippen LogP contribution is 2.36. The topological polar surface area (TPSA) is 99.1 Å². The number of halogens is 1. The van der Waals surface area contributed by atoms with Gasteiger partial charge in [0.1, 0.15) is 5.75 Å². The lowest BCUT2D eigenvalue weighted by molar-refractivity contribution is -0.143. The Hall–Kier alpha value is -3.29. The number of rotatable bonds is 5. The van der Waals surface area contributed by atoms with Crippen LogP contribution in [0.25, 0.3) is 0 Å². The first-order valence-corrected chi connectivity index (χ1v) is 9.37. The summed E-state index contributed by atoms with van der Waals surface area (Å²) in [5.74, 6) is -2.07. The Labute approximate surface area is 167 Å². The summed E-state index contributed by atoms with van der Waals surface area (Å²) in [6.45, 7) is 0.612. The lowest BCUT2D eigenvalue weighted by Gasteiger charge is -2.32. The van der Waals surface area contributed by atoms with Crippen molar-refractivity contribution in [2.75, 3.05) is 19.8 Å². The highest BCUT2D eigenvalue weighted by atomic mass is 19.1. The Kier molecular flexibility index (Phi) is 6.54. The van der Waals surface area contributed by atoms with E-state index in [1.165, 1.54) is 0 Å². The third-order valence-corrected chi connectivity index (χ3v) is 4.97. The number of benzene rings is 2. The van der Waals surface area contributed by atoms with Gasteiger partial charge in [0, 0.05) is 24.7 Å². The molecule has 29 heavy (non-hydrogen) atoms. The number of nitrogens with one attached hydrogen (secondary N) is 1. The van der Waals surface area contributed by atoms with Gasteiger partial charge in [-0.3, -0.25) is 4.79 Å². The minimum absolute atomic E-state index is 0.113. The molecule has 3 rings (SSSR count). The normalized spacial score (nSPS) is 14.4. The Balaban J connectivity index is 1.42. The fourth-order valence-corrected chi connectivity index (χ4v) is 3.39. The zero-order chi connectivity index (χ0) is 20.8. The van der Waals surface area contributed by atoms with E-state index in [1.807, 2.05) is 30.3 Å². The molecule has 7 nitrogen and oxygen atoms in total. The van der Waals surface area contributed by atoms with E-state index in [9.17, 15) is 24.2 Å². The average Bonchev–Trinajstić information content (AvgIpc) is 2.71. The second-order valence-corrected chi connectivity index (χ2v) is 6.93. The first-order valence-electron chi connectivity index (χ1n) is 9.37. The molecule has 1 heterocycles. The molecule has 1 aliphatic rings. The molecule has 3 N–H and O–H groups in total. The van der Waals surface area contributed by atoms with Gasteiger partial charge < -0.3 is 25.2 Å². The quantitative estimate of drug-likeness (QED) is 0.528. The Morgan fingerprint density at radius 3 is 2.48 bits per heavy atom. The number of piperidine rings is 1. The minimum atomic E-state index is -0.782. The molecule has 0 atom stereocenters. The summed E-state index contributed by atoms with van der Waals surface area (Å²) in [7, 11) is 0. The van der Waals surface area contributed by atoms with Gasteiger partial charge in [-0.25, -0.2) is 9.18 Å². The maximum atomic E-state index is 13.6. The first-order chi connectivity index (χ1) is 13.9. The van der Waals surface area contributed by atoms with E-state index >= 15 is 0 Å². The number of nitrogens with zero attached hydrogens (tertiary/aromatic N) is 1. The first kappa shape index (κ1) is 20.4. The Morgan fingerprint density at radius 1 is 1.10 bits per heavy atom. The lowest BCUT2D eigenvalue weighted by atomic mass is 9.88. The largest absolute Gasteiger partial charge is 0.508 e. The number of esters is 1. The Bertz CT molecular complexity index is 867. The zero-order valence-corrected chi connectivity index (χ0v) is 15.8. The molecular formula is C21H23FN2O5. The standard InChI is InChI=1S/C21H23FN2O5/c22-17-11-16(18(25)12-19(17)26)15-6-8-24(9-7-15)21(28)23-13-29-20(27)10-14-4-2-1-3-5-14/h1-5,11-12,15,25-26H,6-10,13H2,(H,23,28).